The van der Waals surface area contributed by atoms with Crippen molar-refractivity contribution in [3.05, 3.63) is 137 Å². The van der Waals surface area contributed by atoms with E-state index < -0.39 is 0 Å². The molecule has 2 aromatic heterocycles. The largest absolute Gasteiger partial charge is 0.334 e. The molecule has 4 nitrogen and oxygen atoms in total. The van der Waals surface area contributed by atoms with Crippen LogP contribution in [-0.2, 0) is 32.5 Å². The van der Waals surface area contributed by atoms with Gasteiger partial charge in [0, 0.05) is 43.3 Å². The summed E-state index contributed by atoms with van der Waals surface area (Å²) in [5.41, 5.74) is 21.3. The van der Waals surface area contributed by atoms with Gasteiger partial charge in [-0.3, -0.25) is 4.40 Å². The van der Waals surface area contributed by atoms with E-state index >= 15 is 0 Å². The molecule has 5 aliphatic rings. The van der Waals surface area contributed by atoms with E-state index in [1.807, 2.05) is 11.3 Å². The van der Waals surface area contributed by atoms with E-state index in [4.69, 9.17) is 0 Å². The summed E-state index contributed by atoms with van der Waals surface area (Å²) in [6, 6.07) is 41.9. The maximum atomic E-state index is 2.80. The third-order valence-corrected chi connectivity index (χ3v) is 20.0. The second-order valence-electron chi connectivity index (χ2n) is 27.3. The van der Waals surface area contributed by atoms with Gasteiger partial charge < -0.3 is 14.0 Å². The van der Waals surface area contributed by atoms with Crippen molar-refractivity contribution < 1.29 is 0 Å². The smallest absolute Gasteiger partial charge is 0.109 e. The summed E-state index contributed by atoms with van der Waals surface area (Å²) in [6.45, 7) is 36.5. The lowest BCUT2D eigenvalue weighted by Crippen LogP contribution is -2.54. The summed E-state index contributed by atoms with van der Waals surface area (Å²) in [4.78, 5) is 4.13. The van der Waals surface area contributed by atoms with E-state index in [2.05, 4.69) is 225 Å². The lowest BCUT2D eigenvalue weighted by atomic mass is 9.61. The number of fused-ring (bicyclic) bond motifs is 13. The SMILES string of the molecule is CC(C)(C)c1ccc2c(c1)C1(C)CCCCC1(C)N2c1ccc2c(c1)n(-c1ccc3c(c1)C(C)(C)CCC3(C)C)c1cc(C(C)(C)C)cc3c1-n2c1cc(C(C)(C)C)cc2c4c5ccccc5sc4n3c21. The number of aromatic nitrogens is 3. The second-order valence-corrected chi connectivity index (χ2v) is 28.4. The van der Waals surface area contributed by atoms with Gasteiger partial charge in [-0.1, -0.05) is 146 Å². The van der Waals surface area contributed by atoms with Crippen LogP contribution in [-0.4, -0.2) is 19.1 Å². The molecule has 0 N–H and O–H groups in total. The number of benzene rings is 6. The van der Waals surface area contributed by atoms with Crippen LogP contribution in [0.15, 0.2) is 103 Å². The molecule has 13 rings (SSSR count). The number of nitrogens with zero attached hydrogens (tertiary/aromatic N) is 4. The summed E-state index contributed by atoms with van der Waals surface area (Å²) < 4.78 is 9.41. The lowest BCUT2D eigenvalue weighted by Gasteiger charge is -2.50. The zero-order valence-electron chi connectivity index (χ0n) is 45.3. The van der Waals surface area contributed by atoms with E-state index in [1.54, 1.807) is 0 Å². The average Bonchev–Trinajstić information content (AvgIpc) is 3.91. The van der Waals surface area contributed by atoms with Crippen molar-refractivity contribution in [1.82, 2.24) is 13.5 Å². The van der Waals surface area contributed by atoms with Crippen LogP contribution in [0.1, 0.15) is 176 Å². The topological polar surface area (TPSA) is 17.5 Å². The predicted molar refractivity (Wildman–Crippen MR) is 307 cm³/mol. The normalized spacial score (nSPS) is 21.4. The fourth-order valence-electron chi connectivity index (χ4n) is 14.2. The molecule has 0 saturated heterocycles. The highest BCUT2D eigenvalue weighted by Gasteiger charge is 2.58. The van der Waals surface area contributed by atoms with Crippen molar-refractivity contribution in [1.29, 1.82) is 0 Å². The first-order chi connectivity index (χ1) is 33.3. The highest BCUT2D eigenvalue weighted by Crippen LogP contribution is 2.62. The molecule has 5 heterocycles. The van der Waals surface area contributed by atoms with Crippen molar-refractivity contribution in [3.8, 4) is 11.4 Å². The van der Waals surface area contributed by atoms with Gasteiger partial charge >= 0.3 is 0 Å². The fraction of sp³-hybridized carbons (Fsp3) is 0.424. The Morgan fingerprint density at radius 2 is 1.13 bits per heavy atom. The first kappa shape index (κ1) is 45.4. The Balaban J connectivity index is 1.24. The van der Waals surface area contributed by atoms with Crippen LogP contribution in [0.25, 0.3) is 70.2 Å². The molecule has 2 aliphatic carbocycles. The first-order valence-electron chi connectivity index (χ1n) is 26.9. The predicted octanol–water partition coefficient (Wildman–Crippen LogP) is 18.8. The van der Waals surface area contributed by atoms with Crippen molar-refractivity contribution in [2.75, 3.05) is 4.90 Å². The van der Waals surface area contributed by atoms with E-state index in [-0.39, 0.29) is 38.0 Å². The Labute approximate surface area is 426 Å². The van der Waals surface area contributed by atoms with Crippen LogP contribution in [0, 0.1) is 0 Å². The number of thiophene rings is 1. The van der Waals surface area contributed by atoms with Gasteiger partial charge in [-0.15, -0.1) is 11.3 Å². The van der Waals surface area contributed by atoms with Crippen molar-refractivity contribution in [2.45, 2.75) is 180 Å². The average molecular weight is 955 g/mol. The Bertz CT molecular complexity index is 3870. The summed E-state index contributed by atoms with van der Waals surface area (Å²) in [7, 11) is 0. The van der Waals surface area contributed by atoms with Crippen molar-refractivity contribution >= 4 is 81.5 Å². The molecular weight excluding hydrogens is 881 g/mol. The highest BCUT2D eigenvalue weighted by atomic mass is 32.1. The molecule has 2 atom stereocenters. The fourth-order valence-corrected chi connectivity index (χ4v) is 15.4. The van der Waals surface area contributed by atoms with Crippen molar-refractivity contribution in [2.24, 2.45) is 0 Å². The Morgan fingerprint density at radius 3 is 1.86 bits per heavy atom. The summed E-state index contributed by atoms with van der Waals surface area (Å²) in [6.07, 6.45) is 7.23. The minimum Gasteiger partial charge on any atom is -0.334 e. The van der Waals surface area contributed by atoms with Crippen LogP contribution in [0.3, 0.4) is 0 Å². The Hall–Kier alpha value is -5.52. The van der Waals surface area contributed by atoms with Crippen molar-refractivity contribution in [3.63, 3.8) is 0 Å². The van der Waals surface area contributed by atoms with E-state index in [9.17, 15) is 0 Å². The molecule has 0 spiro atoms. The molecule has 364 valence electrons. The maximum Gasteiger partial charge on any atom is 0.109 e. The molecule has 2 unspecified atom stereocenters. The summed E-state index contributed by atoms with van der Waals surface area (Å²) in [5, 5.41) is 4.07. The number of rotatable bonds is 2. The molecule has 5 heteroatoms. The van der Waals surface area contributed by atoms with Gasteiger partial charge in [0.15, 0.2) is 0 Å². The zero-order chi connectivity index (χ0) is 49.9. The van der Waals surface area contributed by atoms with Gasteiger partial charge in [0.25, 0.3) is 0 Å². The van der Waals surface area contributed by atoms with E-state index in [0.29, 0.717) is 0 Å². The molecule has 8 aromatic rings. The minimum atomic E-state index is -0.112. The van der Waals surface area contributed by atoms with E-state index in [0.717, 1.165) is 6.42 Å². The van der Waals surface area contributed by atoms with Crippen LogP contribution in [0.2, 0.25) is 0 Å². The zero-order valence-corrected chi connectivity index (χ0v) is 46.1. The molecule has 71 heavy (non-hydrogen) atoms. The molecule has 3 aliphatic heterocycles. The number of hydrogen-bond acceptors (Lipinski definition) is 2. The molecular formula is C66H74N4S. The number of anilines is 2. The number of hydrogen-bond donors (Lipinski definition) is 0. The van der Waals surface area contributed by atoms with Gasteiger partial charge in [-0.25, -0.2) is 0 Å². The molecule has 0 amide bonds. The quantitative estimate of drug-likeness (QED) is 0.125. The third kappa shape index (κ3) is 6.08. The van der Waals surface area contributed by atoms with Gasteiger partial charge in [0.05, 0.1) is 44.3 Å². The Kier molecular flexibility index (Phi) is 9.04. The maximum absolute atomic E-state index is 2.80. The van der Waals surface area contributed by atoms with Gasteiger partial charge in [-0.2, -0.15) is 0 Å². The monoisotopic (exact) mass is 955 g/mol. The third-order valence-electron chi connectivity index (χ3n) is 18.9. The second kappa shape index (κ2) is 14.2. The van der Waals surface area contributed by atoms with Crippen LogP contribution < -0.4 is 4.90 Å². The van der Waals surface area contributed by atoms with Crippen LogP contribution in [0.4, 0.5) is 11.4 Å². The molecule has 0 radical (unpaired) electrons. The minimum absolute atomic E-state index is 0.0196. The first-order valence-corrected chi connectivity index (χ1v) is 27.7. The van der Waals surface area contributed by atoms with Crippen LogP contribution >= 0.6 is 11.3 Å². The van der Waals surface area contributed by atoms with Gasteiger partial charge in [0.2, 0.25) is 0 Å². The molecule has 1 fully saturated rings. The summed E-state index contributed by atoms with van der Waals surface area (Å²) in [5.74, 6) is 0. The lowest BCUT2D eigenvalue weighted by molar-refractivity contribution is 0.195. The molecule has 1 saturated carbocycles. The van der Waals surface area contributed by atoms with Crippen LogP contribution in [0.5, 0.6) is 0 Å². The molecule has 6 aromatic carbocycles. The highest BCUT2D eigenvalue weighted by molar-refractivity contribution is 7.25. The Morgan fingerprint density at radius 1 is 0.479 bits per heavy atom. The van der Waals surface area contributed by atoms with Gasteiger partial charge in [0.1, 0.15) is 4.83 Å². The van der Waals surface area contributed by atoms with E-state index in [1.165, 1.54) is 147 Å². The standard InChI is InChI=1S/C66H74N4S/c1-60(2,3)39-22-26-49-48(33-39)65(14)28-18-19-29-66(65,15)70(49)43-24-27-50-51(38-43)67(42-23-25-46-47(37-42)64(12,13)31-30-63(46,10)11)53-35-41(62(7,8)9)36-54-58(53)68(50)52-34-40(61(4,5)6)32-45-56-44-20-16-17-21-55(44)71-59(56)69(54)57(45)52/h16-17,20-27,32-38H,18-19,28-31H2,1-15H3. The summed E-state index contributed by atoms with van der Waals surface area (Å²) >= 11 is 1.95. The molecule has 0 bridgehead atoms. The van der Waals surface area contributed by atoms with Gasteiger partial charge in [-0.05, 0) is 160 Å².